The summed E-state index contributed by atoms with van der Waals surface area (Å²) in [7, 11) is 0. The van der Waals surface area contributed by atoms with Gasteiger partial charge in [-0.25, -0.2) is 9.97 Å². The van der Waals surface area contributed by atoms with Crippen LogP contribution in [-0.2, 0) is 0 Å². The lowest BCUT2D eigenvalue weighted by molar-refractivity contribution is 0.992. The van der Waals surface area contributed by atoms with Crippen LogP contribution in [0.1, 0.15) is 5.69 Å². The van der Waals surface area contributed by atoms with Gasteiger partial charge in [0, 0.05) is 38.0 Å². The molecule has 0 radical (unpaired) electrons. The van der Waals surface area contributed by atoms with Gasteiger partial charge in [0.1, 0.15) is 4.83 Å². The third-order valence-electron chi connectivity index (χ3n) is 8.09. The first-order valence-corrected chi connectivity index (χ1v) is 14.3. The summed E-state index contributed by atoms with van der Waals surface area (Å²) in [4.78, 5) is 11.4. The van der Waals surface area contributed by atoms with Crippen LogP contribution in [0, 0.1) is 6.92 Å². The second kappa shape index (κ2) is 8.01. The number of aromatic nitrogens is 4. The fourth-order valence-corrected chi connectivity index (χ4v) is 7.75. The van der Waals surface area contributed by atoms with E-state index in [-0.39, 0.29) is 0 Å². The van der Waals surface area contributed by atoms with Crippen LogP contribution in [0.5, 0.6) is 0 Å². The van der Waals surface area contributed by atoms with Crippen LogP contribution < -0.4 is 0 Å². The van der Waals surface area contributed by atoms with E-state index in [1.165, 1.54) is 53.2 Å². The van der Waals surface area contributed by atoms with Gasteiger partial charge in [0.05, 0.1) is 32.5 Å². The number of hydrogen-bond donors (Lipinski definition) is 0. The Morgan fingerprint density at radius 3 is 2.02 bits per heavy atom. The monoisotopic (exact) mass is 530 g/mol. The van der Waals surface area contributed by atoms with Crippen LogP contribution in [0.25, 0.3) is 75.6 Å². The highest BCUT2D eigenvalue weighted by Gasteiger charge is 2.23. The zero-order valence-electron chi connectivity index (χ0n) is 21.7. The van der Waals surface area contributed by atoms with Crippen molar-refractivity contribution in [2.24, 2.45) is 0 Å². The molecule has 0 aliphatic heterocycles. The van der Waals surface area contributed by atoms with Gasteiger partial charge in [-0.3, -0.25) is 4.57 Å². The molecule has 0 bridgehead atoms. The molecular formula is C35H22N4S. The Bertz CT molecular complexity index is 2440. The number of para-hydroxylation sites is 4. The van der Waals surface area contributed by atoms with Crippen molar-refractivity contribution < 1.29 is 0 Å². The minimum atomic E-state index is 0.712. The molecule has 0 unspecified atom stereocenters. The molecule has 188 valence electrons. The first kappa shape index (κ1) is 21.9. The van der Waals surface area contributed by atoms with Gasteiger partial charge in [0.25, 0.3) is 0 Å². The third-order valence-corrected chi connectivity index (χ3v) is 9.28. The van der Waals surface area contributed by atoms with Crippen LogP contribution >= 0.6 is 11.3 Å². The molecular weight excluding hydrogens is 508 g/mol. The Morgan fingerprint density at radius 2 is 1.20 bits per heavy atom. The van der Waals surface area contributed by atoms with Crippen molar-refractivity contribution in [1.82, 2.24) is 19.1 Å². The van der Waals surface area contributed by atoms with E-state index in [0.29, 0.717) is 5.95 Å². The molecule has 40 heavy (non-hydrogen) atoms. The SMILES string of the molecule is Cc1nc(-n2c3ccccc3c3ccc4c(sc5c4c4ccccc4n5-c4ccccc4)c32)nc2ccccc12. The summed E-state index contributed by atoms with van der Waals surface area (Å²) in [5, 5.41) is 7.35. The first-order valence-electron chi connectivity index (χ1n) is 13.4. The van der Waals surface area contributed by atoms with Crippen LogP contribution in [0.4, 0.5) is 0 Å². The Hall–Kier alpha value is -5.00. The molecule has 0 aliphatic carbocycles. The van der Waals surface area contributed by atoms with Crippen molar-refractivity contribution in [2.45, 2.75) is 6.92 Å². The molecule has 0 saturated carbocycles. The molecule has 4 heterocycles. The van der Waals surface area contributed by atoms with Crippen molar-refractivity contribution >= 4 is 75.3 Å². The number of fused-ring (bicyclic) bond motifs is 10. The predicted octanol–water partition coefficient (Wildman–Crippen LogP) is 9.35. The van der Waals surface area contributed by atoms with Crippen LogP contribution in [0.15, 0.2) is 115 Å². The molecule has 0 saturated heterocycles. The van der Waals surface area contributed by atoms with Gasteiger partial charge in [0.2, 0.25) is 5.95 Å². The van der Waals surface area contributed by atoms with Crippen molar-refractivity contribution in [3.63, 3.8) is 0 Å². The highest BCUT2D eigenvalue weighted by atomic mass is 32.1. The van der Waals surface area contributed by atoms with Crippen molar-refractivity contribution in [2.75, 3.05) is 0 Å². The van der Waals surface area contributed by atoms with E-state index < -0.39 is 0 Å². The lowest BCUT2D eigenvalue weighted by atomic mass is 10.1. The summed E-state index contributed by atoms with van der Waals surface area (Å²) >= 11 is 1.86. The molecule has 5 aromatic carbocycles. The van der Waals surface area contributed by atoms with Gasteiger partial charge in [-0.05, 0) is 37.3 Å². The van der Waals surface area contributed by atoms with E-state index >= 15 is 0 Å². The summed E-state index contributed by atoms with van der Waals surface area (Å²) in [6, 6.07) is 40.9. The summed E-state index contributed by atoms with van der Waals surface area (Å²) in [5.74, 6) is 0.712. The maximum atomic E-state index is 5.09. The molecule has 0 N–H and O–H groups in total. The Balaban J connectivity index is 1.49. The Labute approximate surface area is 233 Å². The number of nitrogens with zero attached hydrogens (tertiary/aromatic N) is 4. The lowest BCUT2D eigenvalue weighted by Crippen LogP contribution is -2.03. The van der Waals surface area contributed by atoms with Crippen LogP contribution in [0.3, 0.4) is 0 Å². The summed E-state index contributed by atoms with van der Waals surface area (Å²) in [6.45, 7) is 2.07. The van der Waals surface area contributed by atoms with Crippen LogP contribution in [-0.4, -0.2) is 19.1 Å². The summed E-state index contributed by atoms with van der Waals surface area (Å²) in [5.41, 5.74) is 6.63. The quantitative estimate of drug-likeness (QED) is 0.223. The number of rotatable bonds is 2. The molecule has 0 aliphatic rings. The Morgan fingerprint density at radius 1 is 0.550 bits per heavy atom. The number of benzene rings is 5. The second-order valence-corrected chi connectivity index (χ2v) is 11.3. The average Bonchev–Trinajstić information content (AvgIpc) is 3.64. The van der Waals surface area contributed by atoms with Crippen LogP contribution in [0.2, 0.25) is 0 Å². The van der Waals surface area contributed by atoms with E-state index in [1.54, 1.807) is 0 Å². The highest BCUT2D eigenvalue weighted by Crippen LogP contribution is 2.46. The number of hydrogen-bond acceptors (Lipinski definition) is 3. The van der Waals surface area contributed by atoms with E-state index in [2.05, 4.69) is 119 Å². The van der Waals surface area contributed by atoms with Crippen molar-refractivity contribution in [3.05, 3.63) is 121 Å². The molecule has 0 spiro atoms. The molecule has 4 nitrogen and oxygen atoms in total. The molecule has 4 aromatic heterocycles. The van der Waals surface area contributed by atoms with E-state index in [9.17, 15) is 0 Å². The van der Waals surface area contributed by atoms with Crippen molar-refractivity contribution in [1.29, 1.82) is 0 Å². The molecule has 0 atom stereocenters. The largest absolute Gasteiger partial charge is 0.301 e. The molecule has 5 heteroatoms. The minimum absolute atomic E-state index is 0.712. The topological polar surface area (TPSA) is 35.6 Å². The normalized spacial score (nSPS) is 12.1. The smallest absolute Gasteiger partial charge is 0.235 e. The fraction of sp³-hybridized carbons (Fsp3) is 0.0286. The van der Waals surface area contributed by atoms with E-state index in [0.717, 1.165) is 22.1 Å². The fourth-order valence-electron chi connectivity index (χ4n) is 6.36. The molecule has 0 fully saturated rings. The van der Waals surface area contributed by atoms with Gasteiger partial charge in [-0.15, -0.1) is 11.3 Å². The third kappa shape index (κ3) is 2.84. The first-order chi connectivity index (χ1) is 19.8. The van der Waals surface area contributed by atoms with E-state index in [1.807, 2.05) is 23.5 Å². The minimum Gasteiger partial charge on any atom is -0.301 e. The second-order valence-electron chi connectivity index (χ2n) is 10.3. The molecule has 9 rings (SSSR count). The van der Waals surface area contributed by atoms with Gasteiger partial charge in [0.15, 0.2) is 0 Å². The highest BCUT2D eigenvalue weighted by molar-refractivity contribution is 7.26. The lowest BCUT2D eigenvalue weighted by Gasteiger charge is -2.10. The van der Waals surface area contributed by atoms with Gasteiger partial charge in [-0.2, -0.15) is 0 Å². The number of aryl methyl sites for hydroxylation is 1. The van der Waals surface area contributed by atoms with E-state index in [4.69, 9.17) is 9.97 Å². The molecule has 9 aromatic rings. The maximum Gasteiger partial charge on any atom is 0.235 e. The van der Waals surface area contributed by atoms with Gasteiger partial charge < -0.3 is 4.57 Å². The average molecular weight is 531 g/mol. The summed E-state index contributed by atoms with van der Waals surface area (Å²) in [6.07, 6.45) is 0. The zero-order valence-corrected chi connectivity index (χ0v) is 22.5. The van der Waals surface area contributed by atoms with Crippen molar-refractivity contribution in [3.8, 4) is 11.6 Å². The summed E-state index contributed by atoms with van der Waals surface area (Å²) < 4.78 is 5.94. The van der Waals surface area contributed by atoms with Gasteiger partial charge in [-0.1, -0.05) is 84.9 Å². The Kier molecular flexibility index (Phi) is 4.38. The number of thiophene rings is 1. The zero-order chi connectivity index (χ0) is 26.4. The maximum absolute atomic E-state index is 5.09. The van der Waals surface area contributed by atoms with Gasteiger partial charge >= 0.3 is 0 Å². The molecule has 0 amide bonds. The predicted molar refractivity (Wildman–Crippen MR) is 168 cm³/mol. The standard InChI is InChI=1S/C35H22N4S/c1-21-23-13-5-8-16-28(23)37-35(36-21)39-29-17-9-6-14-24(29)25-19-20-27-31-26-15-7-10-18-30(26)38(22-11-3-2-4-12-22)34(31)40-33(27)32(25)39/h2-20H,1H3.